The molecule has 0 saturated heterocycles. The van der Waals surface area contributed by atoms with Crippen LogP contribution >= 0.6 is 11.6 Å². The zero-order valence-corrected chi connectivity index (χ0v) is 13.9. The van der Waals surface area contributed by atoms with Crippen LogP contribution < -0.4 is 4.74 Å². The van der Waals surface area contributed by atoms with E-state index >= 15 is 0 Å². The summed E-state index contributed by atoms with van der Waals surface area (Å²) >= 11 is 5.81. The van der Waals surface area contributed by atoms with Crippen molar-refractivity contribution in [3.8, 4) is 5.75 Å². The molecule has 5 heteroatoms. The van der Waals surface area contributed by atoms with Crippen molar-refractivity contribution >= 4 is 17.6 Å². The lowest BCUT2D eigenvalue weighted by atomic mass is 10.2. The van der Waals surface area contributed by atoms with Crippen molar-refractivity contribution in [1.29, 1.82) is 0 Å². The molecule has 0 aliphatic heterocycles. The Morgan fingerprint density at radius 1 is 1.29 bits per heavy atom. The van der Waals surface area contributed by atoms with Gasteiger partial charge in [-0.05, 0) is 52.3 Å². The van der Waals surface area contributed by atoms with E-state index < -0.39 is 5.97 Å². The fourth-order valence-electron chi connectivity index (χ4n) is 2.34. The molecule has 0 saturated carbocycles. The van der Waals surface area contributed by atoms with Crippen LogP contribution in [0, 0.1) is 0 Å². The predicted octanol–water partition coefficient (Wildman–Crippen LogP) is 3.93. The molecule has 1 aromatic rings. The molecular weight excluding hydrogens is 290 g/mol. The van der Waals surface area contributed by atoms with Gasteiger partial charge in [-0.25, -0.2) is 4.79 Å². The summed E-state index contributed by atoms with van der Waals surface area (Å²) in [5.41, 5.74) is 0.104. The van der Waals surface area contributed by atoms with Crippen molar-refractivity contribution in [2.75, 3.05) is 13.2 Å². The second-order valence-corrected chi connectivity index (χ2v) is 6.01. The first kappa shape index (κ1) is 17.8. The van der Waals surface area contributed by atoms with Gasteiger partial charge in [0.15, 0.2) is 0 Å². The normalized spacial score (nSPS) is 11.4. The topological polar surface area (TPSA) is 49.8 Å². The summed E-state index contributed by atoms with van der Waals surface area (Å²) in [6.45, 7) is 10.1. The Labute approximate surface area is 131 Å². The number of halogens is 1. The molecule has 0 spiro atoms. The number of aromatic carboxylic acids is 1. The first-order chi connectivity index (χ1) is 9.82. The number of hydrogen-bond acceptors (Lipinski definition) is 3. The Morgan fingerprint density at radius 2 is 1.90 bits per heavy atom. The van der Waals surface area contributed by atoms with E-state index in [1.165, 1.54) is 6.07 Å². The third-order valence-corrected chi connectivity index (χ3v) is 3.55. The highest BCUT2D eigenvalue weighted by Gasteiger charge is 2.14. The van der Waals surface area contributed by atoms with E-state index in [0.717, 1.165) is 13.0 Å². The van der Waals surface area contributed by atoms with Crippen LogP contribution in [-0.4, -0.2) is 41.2 Å². The van der Waals surface area contributed by atoms with Gasteiger partial charge < -0.3 is 9.84 Å². The van der Waals surface area contributed by atoms with E-state index in [-0.39, 0.29) is 5.56 Å². The smallest absolute Gasteiger partial charge is 0.339 e. The van der Waals surface area contributed by atoms with E-state index in [1.807, 2.05) is 0 Å². The third kappa shape index (κ3) is 5.56. The molecule has 0 aromatic heterocycles. The second kappa shape index (κ2) is 8.25. The minimum atomic E-state index is -1.03. The summed E-state index contributed by atoms with van der Waals surface area (Å²) in [6, 6.07) is 5.62. The predicted molar refractivity (Wildman–Crippen MR) is 85.5 cm³/mol. The van der Waals surface area contributed by atoms with Crippen LogP contribution in [-0.2, 0) is 0 Å². The average molecular weight is 314 g/mol. The fourth-order valence-corrected chi connectivity index (χ4v) is 2.51. The van der Waals surface area contributed by atoms with E-state index in [0.29, 0.717) is 29.5 Å². The highest BCUT2D eigenvalue weighted by molar-refractivity contribution is 6.31. The quantitative estimate of drug-likeness (QED) is 0.739. The summed E-state index contributed by atoms with van der Waals surface area (Å²) < 4.78 is 5.60. The average Bonchev–Trinajstić information content (AvgIpc) is 2.38. The Balaban J connectivity index is 2.55. The third-order valence-electron chi connectivity index (χ3n) is 3.32. The maximum atomic E-state index is 11.1. The van der Waals surface area contributed by atoms with Crippen molar-refractivity contribution in [2.24, 2.45) is 0 Å². The maximum Gasteiger partial charge on any atom is 0.339 e. The van der Waals surface area contributed by atoms with Crippen LogP contribution in [0.2, 0.25) is 5.02 Å². The number of carboxylic acids is 1. The maximum absolute atomic E-state index is 11.1. The molecule has 0 atom stereocenters. The monoisotopic (exact) mass is 313 g/mol. The van der Waals surface area contributed by atoms with Gasteiger partial charge in [-0.15, -0.1) is 0 Å². The van der Waals surface area contributed by atoms with Crippen LogP contribution in [0.3, 0.4) is 0 Å². The number of carboxylic acid groups (broad SMARTS) is 1. The summed E-state index contributed by atoms with van der Waals surface area (Å²) in [4.78, 5) is 13.5. The minimum Gasteiger partial charge on any atom is -0.493 e. The number of carbonyl (C=O) groups is 1. The van der Waals surface area contributed by atoms with Crippen molar-refractivity contribution in [1.82, 2.24) is 4.90 Å². The summed E-state index contributed by atoms with van der Waals surface area (Å²) in [7, 11) is 0. The van der Waals surface area contributed by atoms with Crippen LogP contribution in [0.4, 0.5) is 0 Å². The molecule has 1 aromatic carbocycles. The summed E-state index contributed by atoms with van der Waals surface area (Å²) in [5.74, 6) is -0.661. The van der Waals surface area contributed by atoms with Gasteiger partial charge in [-0.2, -0.15) is 0 Å². The van der Waals surface area contributed by atoms with Gasteiger partial charge in [0.05, 0.1) is 6.61 Å². The van der Waals surface area contributed by atoms with Crippen LogP contribution in [0.25, 0.3) is 0 Å². The first-order valence-corrected chi connectivity index (χ1v) is 7.62. The van der Waals surface area contributed by atoms with Crippen LogP contribution in [0.1, 0.15) is 44.5 Å². The molecule has 0 aliphatic carbocycles. The second-order valence-electron chi connectivity index (χ2n) is 5.57. The molecule has 4 nitrogen and oxygen atoms in total. The fraction of sp³-hybridized carbons (Fsp3) is 0.562. The zero-order chi connectivity index (χ0) is 16.0. The highest BCUT2D eigenvalue weighted by Crippen LogP contribution is 2.23. The van der Waals surface area contributed by atoms with Crippen molar-refractivity contribution in [3.63, 3.8) is 0 Å². The molecule has 0 heterocycles. The van der Waals surface area contributed by atoms with Gasteiger partial charge in [-0.1, -0.05) is 11.6 Å². The van der Waals surface area contributed by atoms with E-state index in [4.69, 9.17) is 21.4 Å². The minimum absolute atomic E-state index is 0.104. The highest BCUT2D eigenvalue weighted by atomic mass is 35.5. The SMILES string of the molecule is CC(C)N(CCCOc1ccc(Cl)cc1C(=O)O)C(C)C. The molecule has 118 valence electrons. The van der Waals surface area contributed by atoms with E-state index in [2.05, 4.69) is 32.6 Å². The lowest BCUT2D eigenvalue weighted by Gasteiger charge is -2.30. The Kier molecular flexibility index (Phi) is 6.99. The van der Waals surface area contributed by atoms with Crippen LogP contribution in [0.5, 0.6) is 5.75 Å². The molecule has 1 N–H and O–H groups in total. The van der Waals surface area contributed by atoms with Gasteiger partial charge in [0.1, 0.15) is 11.3 Å². The standard InChI is InChI=1S/C16H24ClNO3/c1-11(2)18(12(3)4)8-5-9-21-15-7-6-13(17)10-14(15)16(19)20/h6-7,10-12H,5,8-9H2,1-4H3,(H,19,20). The number of rotatable bonds is 8. The largest absolute Gasteiger partial charge is 0.493 e. The van der Waals surface area contributed by atoms with Crippen LogP contribution in [0.15, 0.2) is 18.2 Å². The zero-order valence-electron chi connectivity index (χ0n) is 13.1. The number of nitrogens with zero attached hydrogens (tertiary/aromatic N) is 1. The van der Waals surface area contributed by atoms with Gasteiger partial charge in [0.2, 0.25) is 0 Å². The van der Waals surface area contributed by atoms with E-state index in [1.54, 1.807) is 12.1 Å². The molecule has 0 fully saturated rings. The number of benzene rings is 1. The lowest BCUT2D eigenvalue weighted by molar-refractivity contribution is 0.0692. The lowest BCUT2D eigenvalue weighted by Crippen LogP contribution is -2.38. The van der Waals surface area contributed by atoms with Gasteiger partial charge in [0, 0.05) is 23.7 Å². The van der Waals surface area contributed by atoms with Gasteiger partial charge in [-0.3, -0.25) is 4.90 Å². The molecule has 0 aliphatic rings. The Hall–Kier alpha value is -1.26. The number of ether oxygens (including phenoxy) is 1. The Bertz CT molecular complexity index is 467. The van der Waals surface area contributed by atoms with Gasteiger partial charge in [0.25, 0.3) is 0 Å². The molecular formula is C16H24ClNO3. The number of hydrogen-bond donors (Lipinski definition) is 1. The molecule has 0 amide bonds. The summed E-state index contributed by atoms with van der Waals surface area (Å²) in [6.07, 6.45) is 0.845. The first-order valence-electron chi connectivity index (χ1n) is 7.24. The molecule has 0 bridgehead atoms. The van der Waals surface area contributed by atoms with Crippen molar-refractivity contribution < 1.29 is 14.6 Å². The molecule has 21 heavy (non-hydrogen) atoms. The molecule has 0 radical (unpaired) electrons. The Morgan fingerprint density at radius 3 is 2.43 bits per heavy atom. The summed E-state index contributed by atoms with van der Waals surface area (Å²) in [5, 5.41) is 9.53. The van der Waals surface area contributed by atoms with Crippen molar-refractivity contribution in [2.45, 2.75) is 46.2 Å². The molecule has 0 unspecified atom stereocenters. The van der Waals surface area contributed by atoms with E-state index in [9.17, 15) is 4.79 Å². The molecule has 1 rings (SSSR count). The van der Waals surface area contributed by atoms with Crippen molar-refractivity contribution in [3.05, 3.63) is 28.8 Å². The van der Waals surface area contributed by atoms with Gasteiger partial charge >= 0.3 is 5.97 Å².